The van der Waals surface area contributed by atoms with Gasteiger partial charge in [0.15, 0.2) is 23.0 Å². The first kappa shape index (κ1) is 54.3. The Morgan fingerprint density at radius 1 is 0.909 bits per heavy atom. The Bertz CT molecular complexity index is 3100. The largest absolute Gasteiger partial charge is 0.488 e. The monoisotopic (exact) mass is 1080 g/mol. The first-order valence-corrected chi connectivity index (χ1v) is 27.3. The van der Waals surface area contributed by atoms with E-state index in [-0.39, 0.29) is 112 Å². The predicted octanol–water partition coefficient (Wildman–Crippen LogP) is 8.75. The van der Waals surface area contributed by atoms with E-state index in [4.69, 9.17) is 21.1 Å². The van der Waals surface area contributed by atoms with Gasteiger partial charge >= 0.3 is 0 Å². The van der Waals surface area contributed by atoms with Crippen LogP contribution in [0.1, 0.15) is 129 Å². The fraction of sp³-hybridized carbons (Fsp3) is 0.500. The smallest absolute Gasteiger partial charge is 0.251 e. The van der Waals surface area contributed by atoms with Crippen molar-refractivity contribution in [3.05, 3.63) is 111 Å². The normalized spacial score (nSPS) is 24.4. The number of aliphatic hydroxyl groups excluding tert-OH is 1. The summed E-state index contributed by atoms with van der Waals surface area (Å²) in [6, 6.07) is 14.7. The molecule has 4 fully saturated rings. The zero-order valence-corrected chi connectivity index (χ0v) is 44.6. The van der Waals surface area contributed by atoms with E-state index in [2.05, 4.69) is 32.9 Å². The van der Waals surface area contributed by atoms with Crippen LogP contribution in [0, 0.1) is 34.6 Å². The van der Waals surface area contributed by atoms with Gasteiger partial charge in [-0.05, 0) is 106 Å². The molecule has 1 aliphatic carbocycles. The minimum absolute atomic E-state index is 0.0205. The molecular formula is C58H66ClF4N7O7. The Morgan fingerprint density at radius 2 is 1.62 bits per heavy atom. The van der Waals surface area contributed by atoms with E-state index in [1.54, 1.807) is 7.05 Å². The molecule has 0 bridgehead atoms. The van der Waals surface area contributed by atoms with Gasteiger partial charge in [0, 0.05) is 97.8 Å². The van der Waals surface area contributed by atoms with Crippen LogP contribution in [0.2, 0.25) is 5.02 Å². The molecule has 0 radical (unpaired) electrons. The molecule has 1 saturated carbocycles. The van der Waals surface area contributed by atoms with Gasteiger partial charge in [-0.2, -0.15) is 5.10 Å². The molecule has 0 spiro atoms. The highest BCUT2D eigenvalue weighted by atomic mass is 35.5. The number of aromatic nitrogens is 2. The molecule has 10 rings (SSSR count). The number of halogens is 5. The molecule has 14 nitrogen and oxygen atoms in total. The predicted molar refractivity (Wildman–Crippen MR) is 282 cm³/mol. The number of nitrogens with one attached hydrogen (secondary N) is 3. The minimum Gasteiger partial charge on any atom is -0.488 e. The number of rotatable bonds is 14. The van der Waals surface area contributed by atoms with Gasteiger partial charge in [0.25, 0.3) is 5.91 Å². The lowest BCUT2D eigenvalue weighted by Gasteiger charge is -2.43. The third-order valence-corrected chi connectivity index (χ3v) is 17.8. The van der Waals surface area contributed by atoms with Crippen LogP contribution in [-0.2, 0) is 27.0 Å². The van der Waals surface area contributed by atoms with E-state index >= 15 is 17.6 Å². The maximum atomic E-state index is 16.7. The molecule has 77 heavy (non-hydrogen) atoms. The van der Waals surface area contributed by atoms with Crippen molar-refractivity contribution < 1.29 is 51.3 Å². The summed E-state index contributed by atoms with van der Waals surface area (Å²) in [5.41, 5.74) is -0.312. The molecule has 4 N–H and O–H groups in total. The van der Waals surface area contributed by atoms with Crippen LogP contribution in [0.4, 0.5) is 17.6 Å². The van der Waals surface area contributed by atoms with Gasteiger partial charge in [-0.1, -0.05) is 55.8 Å². The fourth-order valence-corrected chi connectivity index (χ4v) is 13.3. The Kier molecular flexibility index (Phi) is 15.5. The van der Waals surface area contributed by atoms with Gasteiger partial charge in [0.1, 0.15) is 29.5 Å². The number of aryl methyl sites for hydroxylation is 1. The van der Waals surface area contributed by atoms with Crippen LogP contribution in [0.15, 0.2) is 54.6 Å². The molecule has 4 aliphatic heterocycles. The third-order valence-electron chi connectivity index (χ3n) is 17.4. The third kappa shape index (κ3) is 10.1. The van der Waals surface area contributed by atoms with E-state index in [1.807, 2.05) is 42.2 Å². The minimum atomic E-state index is -1.13. The standard InChI is InChI=1S/C58H66ClF4N7O7/c1-32-45-43(29-41(61)49(59)48(45)47-37(54(73)64-3)10-12-42(50(47)62)76-27-26-71)77-58(32,35-8-6-5-7-9-35)31-65-36-14-20-57(2,21-15-36)56(75)70-24-16-33(17-25-70)30-69-22-18-34(19-23-69)46-40(60)28-39-52(67-68(4)53(39)51(46)63)38-11-13-44(72)66-55(38)74/h5-10,12,28-29,32-34,36,38,65,71H,11,13-27,30-31H2,1-4H3,(H,64,73)(H,66,72,74). The summed E-state index contributed by atoms with van der Waals surface area (Å²) in [5.74, 6) is -5.76. The first-order valence-electron chi connectivity index (χ1n) is 26.9. The van der Waals surface area contributed by atoms with Crippen LogP contribution < -0.4 is 25.4 Å². The first-order chi connectivity index (χ1) is 37.0. The molecule has 19 heteroatoms. The summed E-state index contributed by atoms with van der Waals surface area (Å²) >= 11 is 6.79. The van der Waals surface area contributed by atoms with Crippen molar-refractivity contribution in [3.63, 3.8) is 0 Å². The second-order valence-electron chi connectivity index (χ2n) is 22.0. The second-order valence-corrected chi connectivity index (χ2v) is 22.4. The number of likely N-dealkylation sites (tertiary alicyclic amines) is 2. The zero-order chi connectivity index (χ0) is 54.5. The Labute approximate surface area is 450 Å². The molecule has 5 aromatic rings. The number of fused-ring (bicyclic) bond motifs is 2. The van der Waals surface area contributed by atoms with Gasteiger partial charge < -0.3 is 35.0 Å². The number of hydrogen-bond donors (Lipinski definition) is 4. The van der Waals surface area contributed by atoms with E-state index in [0.717, 1.165) is 37.8 Å². The molecule has 3 saturated heterocycles. The van der Waals surface area contributed by atoms with Crippen molar-refractivity contribution in [2.24, 2.45) is 18.4 Å². The topological polar surface area (TPSA) is 167 Å². The number of imide groups is 1. The lowest BCUT2D eigenvalue weighted by molar-refractivity contribution is -0.145. The SMILES string of the molecule is CNC(=O)c1ccc(OCCO)c(F)c1-c1c(Cl)c(F)cc2c1C(C)C(CNC1CCC(C)(C(=O)N3CCC(CN4CCC(c5c(F)cc6c(C7CCC(=O)NC7=O)nn(C)c6c5F)CC4)CC3)CC1)(c1ccccc1)O2. The van der Waals surface area contributed by atoms with Crippen molar-refractivity contribution in [3.8, 4) is 22.6 Å². The number of aliphatic hydroxyl groups is 1. The van der Waals surface area contributed by atoms with Crippen molar-refractivity contribution in [1.82, 2.24) is 35.5 Å². The average Bonchev–Trinajstić information content (AvgIpc) is 4.11. The molecule has 3 atom stereocenters. The number of piperidine rings is 3. The maximum Gasteiger partial charge on any atom is 0.251 e. The number of nitrogens with zero attached hydrogens (tertiary/aromatic N) is 4. The van der Waals surface area contributed by atoms with Gasteiger partial charge in [-0.3, -0.25) is 29.2 Å². The molecule has 4 aromatic carbocycles. The number of benzene rings is 4. The van der Waals surface area contributed by atoms with Crippen LogP contribution >= 0.6 is 11.6 Å². The van der Waals surface area contributed by atoms with E-state index in [0.29, 0.717) is 63.3 Å². The highest BCUT2D eigenvalue weighted by Gasteiger charge is 2.51. The van der Waals surface area contributed by atoms with Crippen LogP contribution in [0.25, 0.3) is 22.0 Å². The van der Waals surface area contributed by atoms with Gasteiger partial charge in [-0.15, -0.1) is 0 Å². The number of carbonyl (C=O) groups is 4. The van der Waals surface area contributed by atoms with Crippen molar-refractivity contribution in [2.75, 3.05) is 59.5 Å². The molecule has 4 amide bonds. The molecule has 5 aliphatic rings. The lowest BCUT2D eigenvalue weighted by atomic mass is 9.72. The average molecular weight is 1080 g/mol. The van der Waals surface area contributed by atoms with Gasteiger partial charge in [-0.25, -0.2) is 17.6 Å². The summed E-state index contributed by atoms with van der Waals surface area (Å²) in [7, 11) is 3.00. The summed E-state index contributed by atoms with van der Waals surface area (Å²) < 4.78 is 78.6. The summed E-state index contributed by atoms with van der Waals surface area (Å²) in [6.07, 6.45) is 6.06. The highest BCUT2D eigenvalue weighted by molar-refractivity contribution is 6.34. The zero-order valence-electron chi connectivity index (χ0n) is 43.9. The number of hydrogen-bond acceptors (Lipinski definition) is 10. The molecule has 5 heterocycles. The number of carbonyl (C=O) groups excluding carboxylic acids is 4. The molecule has 410 valence electrons. The molecular weight excluding hydrogens is 1020 g/mol. The lowest BCUT2D eigenvalue weighted by Crippen LogP contribution is -2.51. The van der Waals surface area contributed by atoms with Gasteiger partial charge in [0.05, 0.1) is 28.8 Å². The van der Waals surface area contributed by atoms with E-state index in [1.165, 1.54) is 36.0 Å². The summed E-state index contributed by atoms with van der Waals surface area (Å²) in [5, 5.41) is 22.3. The summed E-state index contributed by atoms with van der Waals surface area (Å²) in [6.45, 7) is 7.23. The number of amides is 4. The Balaban J connectivity index is 0.755. The second kappa shape index (κ2) is 22.0. The van der Waals surface area contributed by atoms with Crippen LogP contribution in [0.3, 0.4) is 0 Å². The molecule has 3 unspecified atom stereocenters. The summed E-state index contributed by atoms with van der Waals surface area (Å²) in [4.78, 5) is 56.4. The van der Waals surface area contributed by atoms with Crippen molar-refractivity contribution in [1.29, 1.82) is 0 Å². The van der Waals surface area contributed by atoms with Crippen LogP contribution in [0.5, 0.6) is 11.5 Å². The molecule has 1 aromatic heterocycles. The van der Waals surface area contributed by atoms with Crippen molar-refractivity contribution in [2.45, 2.75) is 107 Å². The van der Waals surface area contributed by atoms with Gasteiger partial charge in [0.2, 0.25) is 17.7 Å². The number of ether oxygens (including phenoxy) is 2. The van der Waals surface area contributed by atoms with E-state index < -0.39 is 57.9 Å². The Hall–Kier alpha value is -6.08. The highest BCUT2D eigenvalue weighted by Crippen LogP contribution is 2.57. The van der Waals surface area contributed by atoms with E-state index in [9.17, 15) is 24.3 Å². The Morgan fingerprint density at radius 3 is 2.30 bits per heavy atom. The quantitative estimate of drug-likeness (QED) is 0.0624. The maximum absolute atomic E-state index is 16.7. The van der Waals surface area contributed by atoms with Crippen molar-refractivity contribution >= 4 is 46.1 Å². The fourth-order valence-electron chi connectivity index (χ4n) is 13.0. The van der Waals surface area contributed by atoms with Crippen LogP contribution in [-0.4, -0.2) is 114 Å².